The number of nitrogens with zero attached hydrogens (tertiary/aromatic N) is 1. The molecule has 4 heteroatoms. The minimum Gasteiger partial charge on any atom is -0.366 e. The zero-order chi connectivity index (χ0) is 15.0. The number of halogens is 1. The molecule has 0 atom stereocenters. The van der Waals surface area contributed by atoms with Crippen LogP contribution in [-0.2, 0) is 6.54 Å². The maximum absolute atomic E-state index is 13.2. The Balaban J connectivity index is 1.97. The van der Waals surface area contributed by atoms with Gasteiger partial charge in [0.1, 0.15) is 5.82 Å². The van der Waals surface area contributed by atoms with Gasteiger partial charge in [0.05, 0.1) is 0 Å². The summed E-state index contributed by atoms with van der Waals surface area (Å²) in [5, 5.41) is 0.876. The number of rotatable bonds is 3. The molecule has 21 heavy (non-hydrogen) atoms. The summed E-state index contributed by atoms with van der Waals surface area (Å²) in [6.45, 7) is 2.62. The second-order valence-electron chi connectivity index (χ2n) is 5.15. The van der Waals surface area contributed by atoms with E-state index in [1.54, 1.807) is 18.2 Å². The van der Waals surface area contributed by atoms with Gasteiger partial charge < -0.3 is 10.3 Å². The molecule has 0 radical (unpaired) electrons. The molecule has 0 saturated heterocycles. The lowest BCUT2D eigenvalue weighted by molar-refractivity contribution is 0.1000. The highest BCUT2D eigenvalue weighted by atomic mass is 19.1. The number of primary amides is 1. The molecule has 0 aliphatic rings. The van der Waals surface area contributed by atoms with Gasteiger partial charge in [-0.3, -0.25) is 4.79 Å². The molecule has 0 aliphatic carbocycles. The summed E-state index contributed by atoms with van der Waals surface area (Å²) >= 11 is 0. The average molecular weight is 282 g/mol. The first-order valence-electron chi connectivity index (χ1n) is 6.68. The van der Waals surface area contributed by atoms with E-state index in [2.05, 4.69) is 4.57 Å². The number of carbonyl (C=O) groups is 1. The van der Waals surface area contributed by atoms with Crippen LogP contribution in [0.5, 0.6) is 0 Å². The molecule has 1 aromatic heterocycles. The second-order valence-corrected chi connectivity index (χ2v) is 5.15. The van der Waals surface area contributed by atoms with Crippen molar-refractivity contribution in [2.45, 2.75) is 13.5 Å². The van der Waals surface area contributed by atoms with Crippen molar-refractivity contribution in [2.24, 2.45) is 5.73 Å². The van der Waals surface area contributed by atoms with Gasteiger partial charge in [-0.15, -0.1) is 0 Å². The van der Waals surface area contributed by atoms with Crippen molar-refractivity contribution in [2.75, 3.05) is 0 Å². The van der Waals surface area contributed by atoms with Crippen LogP contribution in [0.25, 0.3) is 10.9 Å². The monoisotopic (exact) mass is 282 g/mol. The van der Waals surface area contributed by atoms with Crippen molar-refractivity contribution in [1.29, 1.82) is 0 Å². The summed E-state index contributed by atoms with van der Waals surface area (Å²) in [6.07, 6.45) is 1.94. The van der Waals surface area contributed by atoms with E-state index >= 15 is 0 Å². The number of carbonyl (C=O) groups excluding carboxylic acids is 1. The van der Waals surface area contributed by atoms with Gasteiger partial charge in [-0.1, -0.05) is 6.07 Å². The molecule has 0 saturated carbocycles. The smallest absolute Gasteiger partial charge is 0.248 e. The normalized spacial score (nSPS) is 11.0. The Kier molecular flexibility index (Phi) is 3.22. The number of aromatic nitrogens is 1. The fourth-order valence-corrected chi connectivity index (χ4v) is 2.52. The van der Waals surface area contributed by atoms with Crippen molar-refractivity contribution in [3.05, 3.63) is 71.2 Å². The van der Waals surface area contributed by atoms with Crippen LogP contribution < -0.4 is 5.73 Å². The molecule has 2 aromatic carbocycles. The third kappa shape index (κ3) is 2.52. The fourth-order valence-electron chi connectivity index (χ4n) is 2.52. The number of hydrogen-bond donors (Lipinski definition) is 1. The van der Waals surface area contributed by atoms with E-state index in [0.717, 1.165) is 22.0 Å². The maximum Gasteiger partial charge on any atom is 0.248 e. The van der Waals surface area contributed by atoms with Crippen LogP contribution in [0.2, 0.25) is 0 Å². The Labute approximate surface area is 121 Å². The summed E-state index contributed by atoms with van der Waals surface area (Å²) in [4.78, 5) is 11.2. The summed E-state index contributed by atoms with van der Waals surface area (Å²) in [7, 11) is 0. The highest BCUT2D eigenvalue weighted by Crippen LogP contribution is 2.20. The highest BCUT2D eigenvalue weighted by Gasteiger charge is 2.07. The Morgan fingerprint density at radius 2 is 2.00 bits per heavy atom. The summed E-state index contributed by atoms with van der Waals surface area (Å²) in [5.74, 6) is -0.659. The molecule has 0 bridgehead atoms. The molecule has 3 nitrogen and oxygen atoms in total. The van der Waals surface area contributed by atoms with Crippen LogP contribution in [0, 0.1) is 12.7 Å². The predicted octanol–water partition coefficient (Wildman–Crippen LogP) is 3.24. The Bertz CT molecular complexity index is 836. The third-order valence-corrected chi connectivity index (χ3v) is 3.70. The molecule has 0 spiro atoms. The summed E-state index contributed by atoms with van der Waals surface area (Å²) in [6, 6.07) is 12.1. The minimum absolute atomic E-state index is 0.234. The summed E-state index contributed by atoms with van der Waals surface area (Å²) in [5.41, 5.74) is 8.88. The standard InChI is InChI=1S/C17H15FN2O/c1-11-8-13(17(19)21)2-3-14(11)10-20-7-6-12-9-15(18)4-5-16(12)20/h2-9H,10H2,1H3,(H2,19,21). The molecular weight excluding hydrogens is 267 g/mol. The number of fused-ring (bicyclic) bond motifs is 1. The zero-order valence-corrected chi connectivity index (χ0v) is 11.6. The number of nitrogens with two attached hydrogens (primary N) is 1. The van der Waals surface area contributed by atoms with Crippen molar-refractivity contribution in [1.82, 2.24) is 4.57 Å². The number of amides is 1. The van der Waals surface area contributed by atoms with Crippen LogP contribution >= 0.6 is 0 Å². The summed E-state index contributed by atoms with van der Waals surface area (Å²) < 4.78 is 15.3. The van der Waals surface area contributed by atoms with E-state index in [1.165, 1.54) is 12.1 Å². The van der Waals surface area contributed by atoms with E-state index in [9.17, 15) is 9.18 Å². The third-order valence-electron chi connectivity index (χ3n) is 3.70. The molecule has 0 unspecified atom stereocenters. The van der Waals surface area contributed by atoms with Crippen molar-refractivity contribution >= 4 is 16.8 Å². The number of aryl methyl sites for hydroxylation is 1. The average Bonchev–Trinajstić information content (AvgIpc) is 2.83. The number of hydrogen-bond acceptors (Lipinski definition) is 1. The van der Waals surface area contributed by atoms with Gasteiger partial charge in [-0.2, -0.15) is 0 Å². The zero-order valence-electron chi connectivity index (χ0n) is 11.6. The van der Waals surface area contributed by atoms with Crippen molar-refractivity contribution < 1.29 is 9.18 Å². The highest BCUT2D eigenvalue weighted by molar-refractivity contribution is 5.93. The largest absolute Gasteiger partial charge is 0.366 e. The molecule has 3 rings (SSSR count). The Hall–Kier alpha value is -2.62. The molecular formula is C17H15FN2O. The molecule has 106 valence electrons. The van der Waals surface area contributed by atoms with Crippen LogP contribution in [-0.4, -0.2) is 10.5 Å². The van der Waals surface area contributed by atoms with Crippen LogP contribution in [0.4, 0.5) is 4.39 Å². The van der Waals surface area contributed by atoms with Gasteiger partial charge in [-0.05, 0) is 54.4 Å². The van der Waals surface area contributed by atoms with E-state index in [-0.39, 0.29) is 5.82 Å². The van der Waals surface area contributed by atoms with Crippen molar-refractivity contribution in [3.63, 3.8) is 0 Å². The lowest BCUT2D eigenvalue weighted by atomic mass is 10.0. The Morgan fingerprint density at radius 3 is 2.71 bits per heavy atom. The van der Waals surface area contributed by atoms with Gasteiger partial charge in [0.15, 0.2) is 0 Å². The number of benzene rings is 2. The Morgan fingerprint density at radius 1 is 1.19 bits per heavy atom. The molecule has 1 amide bonds. The molecule has 3 aromatic rings. The van der Waals surface area contributed by atoms with Gasteiger partial charge in [0.25, 0.3) is 0 Å². The quantitative estimate of drug-likeness (QED) is 0.787. The first-order chi connectivity index (χ1) is 10.0. The van der Waals surface area contributed by atoms with E-state index in [1.807, 2.05) is 25.3 Å². The van der Waals surface area contributed by atoms with Gasteiger partial charge in [0.2, 0.25) is 5.91 Å². The van der Waals surface area contributed by atoms with Crippen LogP contribution in [0.1, 0.15) is 21.5 Å². The molecule has 1 heterocycles. The van der Waals surface area contributed by atoms with Crippen LogP contribution in [0.15, 0.2) is 48.7 Å². The predicted molar refractivity (Wildman–Crippen MR) is 80.7 cm³/mol. The molecule has 2 N–H and O–H groups in total. The van der Waals surface area contributed by atoms with E-state index in [0.29, 0.717) is 12.1 Å². The van der Waals surface area contributed by atoms with E-state index < -0.39 is 5.91 Å². The minimum atomic E-state index is -0.425. The maximum atomic E-state index is 13.2. The lowest BCUT2D eigenvalue weighted by Gasteiger charge is -2.10. The lowest BCUT2D eigenvalue weighted by Crippen LogP contribution is -2.11. The van der Waals surface area contributed by atoms with Crippen molar-refractivity contribution in [3.8, 4) is 0 Å². The molecule has 0 fully saturated rings. The van der Waals surface area contributed by atoms with Gasteiger partial charge >= 0.3 is 0 Å². The topological polar surface area (TPSA) is 48.0 Å². The molecule has 0 aliphatic heterocycles. The SMILES string of the molecule is Cc1cc(C(N)=O)ccc1Cn1ccc2cc(F)ccc21. The van der Waals surface area contributed by atoms with Gasteiger partial charge in [0, 0.05) is 29.2 Å². The van der Waals surface area contributed by atoms with Crippen LogP contribution in [0.3, 0.4) is 0 Å². The van der Waals surface area contributed by atoms with E-state index in [4.69, 9.17) is 5.73 Å². The first-order valence-corrected chi connectivity index (χ1v) is 6.68. The fraction of sp³-hybridized carbons (Fsp3) is 0.118. The first kappa shape index (κ1) is 13.4. The van der Waals surface area contributed by atoms with Gasteiger partial charge in [-0.25, -0.2) is 4.39 Å². The second kappa shape index (κ2) is 5.05.